The van der Waals surface area contributed by atoms with Crippen LogP contribution in [0.1, 0.15) is 25.3 Å². The van der Waals surface area contributed by atoms with Crippen LogP contribution < -0.4 is 10.1 Å². The molecule has 0 unspecified atom stereocenters. The highest BCUT2D eigenvalue weighted by molar-refractivity contribution is 7.91. The number of rotatable bonds is 9. The summed E-state index contributed by atoms with van der Waals surface area (Å²) in [6, 6.07) is 14.4. The van der Waals surface area contributed by atoms with Crippen molar-refractivity contribution in [2.45, 2.75) is 31.1 Å². The third-order valence-electron chi connectivity index (χ3n) is 4.64. The zero-order valence-electron chi connectivity index (χ0n) is 16.9. The van der Waals surface area contributed by atoms with Gasteiger partial charge in [-0.3, -0.25) is 4.79 Å². The average Bonchev–Trinajstić information content (AvgIpc) is 3.22. The molecule has 30 heavy (non-hydrogen) atoms. The molecule has 8 heteroatoms. The minimum atomic E-state index is -3.44. The SMILES string of the molecule is CCc1ccc(-c2csc(NC(=O)CCCS(=O)(=O)c3ccc(OC)cc3)n2)cc1. The number of carbonyl (C=O) groups is 1. The lowest BCUT2D eigenvalue weighted by molar-refractivity contribution is -0.116. The number of nitrogens with zero attached hydrogens (tertiary/aromatic N) is 1. The predicted molar refractivity (Wildman–Crippen MR) is 120 cm³/mol. The van der Waals surface area contributed by atoms with Gasteiger partial charge in [-0.05, 0) is 42.7 Å². The third-order valence-corrected chi connectivity index (χ3v) is 7.22. The van der Waals surface area contributed by atoms with Gasteiger partial charge in [0, 0.05) is 17.4 Å². The molecule has 1 aromatic heterocycles. The van der Waals surface area contributed by atoms with Gasteiger partial charge in [-0.2, -0.15) is 0 Å². The standard InChI is InChI=1S/C22H24N2O4S2/c1-3-16-6-8-17(9-7-16)20-15-29-22(23-20)24-21(25)5-4-14-30(26,27)19-12-10-18(28-2)11-13-19/h6-13,15H,3-5,14H2,1-2H3,(H,23,24,25). The van der Waals surface area contributed by atoms with Crippen molar-refractivity contribution in [2.24, 2.45) is 0 Å². The number of benzene rings is 2. The van der Waals surface area contributed by atoms with Crippen molar-refractivity contribution in [3.8, 4) is 17.0 Å². The molecule has 0 saturated heterocycles. The molecule has 0 saturated carbocycles. The summed E-state index contributed by atoms with van der Waals surface area (Å²) in [5, 5.41) is 5.15. The second kappa shape index (κ2) is 9.86. The number of sulfone groups is 1. The van der Waals surface area contributed by atoms with Gasteiger partial charge in [-0.1, -0.05) is 31.2 Å². The molecule has 1 N–H and O–H groups in total. The van der Waals surface area contributed by atoms with Gasteiger partial charge in [0.1, 0.15) is 5.75 Å². The fraction of sp³-hybridized carbons (Fsp3) is 0.273. The Bertz CT molecular complexity index is 1090. The summed E-state index contributed by atoms with van der Waals surface area (Å²) in [5.74, 6) is 0.249. The normalized spacial score (nSPS) is 11.3. The Labute approximate surface area is 180 Å². The van der Waals surface area contributed by atoms with Gasteiger partial charge in [-0.25, -0.2) is 13.4 Å². The third kappa shape index (κ3) is 5.67. The Hall–Kier alpha value is -2.71. The van der Waals surface area contributed by atoms with Crippen LogP contribution in [0.15, 0.2) is 58.8 Å². The number of anilines is 1. The number of methoxy groups -OCH3 is 1. The van der Waals surface area contributed by atoms with Gasteiger partial charge >= 0.3 is 0 Å². The lowest BCUT2D eigenvalue weighted by Gasteiger charge is -2.06. The molecule has 0 aliphatic rings. The van der Waals surface area contributed by atoms with Gasteiger partial charge in [-0.15, -0.1) is 11.3 Å². The number of thiazole rings is 1. The molecule has 0 aliphatic heterocycles. The molecule has 3 rings (SSSR count). The number of aromatic nitrogens is 1. The van der Waals surface area contributed by atoms with E-state index in [-0.39, 0.29) is 29.4 Å². The molecule has 0 spiro atoms. The molecule has 0 aliphatic carbocycles. The summed E-state index contributed by atoms with van der Waals surface area (Å²) < 4.78 is 29.8. The first kappa shape index (κ1) is 22.0. The molecule has 3 aromatic rings. The minimum absolute atomic E-state index is 0.0976. The second-order valence-electron chi connectivity index (χ2n) is 6.73. The zero-order valence-corrected chi connectivity index (χ0v) is 18.6. The molecule has 0 bridgehead atoms. The van der Waals surface area contributed by atoms with Crippen LogP contribution in [0.2, 0.25) is 0 Å². The van der Waals surface area contributed by atoms with Crippen molar-refractivity contribution in [3.63, 3.8) is 0 Å². The highest BCUT2D eigenvalue weighted by Gasteiger charge is 2.16. The van der Waals surface area contributed by atoms with E-state index in [0.29, 0.717) is 10.9 Å². The molecular formula is C22H24N2O4S2. The smallest absolute Gasteiger partial charge is 0.226 e. The molecule has 0 fully saturated rings. The van der Waals surface area contributed by atoms with Crippen LogP contribution in [0.3, 0.4) is 0 Å². The number of amides is 1. The highest BCUT2D eigenvalue weighted by Crippen LogP contribution is 2.25. The van der Waals surface area contributed by atoms with Gasteiger partial charge in [0.2, 0.25) is 5.91 Å². The first-order chi connectivity index (χ1) is 14.4. The van der Waals surface area contributed by atoms with E-state index in [1.165, 1.54) is 36.1 Å². The maximum absolute atomic E-state index is 12.4. The number of hydrogen-bond acceptors (Lipinski definition) is 6. The molecular weight excluding hydrogens is 420 g/mol. The Morgan fingerprint density at radius 3 is 2.43 bits per heavy atom. The van der Waals surface area contributed by atoms with Gasteiger partial charge in [0.25, 0.3) is 0 Å². The molecule has 1 amide bonds. The summed E-state index contributed by atoms with van der Waals surface area (Å²) >= 11 is 1.35. The Kier molecular flexibility index (Phi) is 7.23. The fourth-order valence-corrected chi connectivity index (χ4v) is 4.93. The minimum Gasteiger partial charge on any atom is -0.497 e. The Balaban J connectivity index is 1.51. The summed E-state index contributed by atoms with van der Waals surface area (Å²) in [4.78, 5) is 16.9. The van der Waals surface area contributed by atoms with Gasteiger partial charge < -0.3 is 10.1 Å². The van der Waals surface area contributed by atoms with Crippen LogP contribution in [0.25, 0.3) is 11.3 Å². The summed E-state index contributed by atoms with van der Waals surface area (Å²) in [6.45, 7) is 2.10. The van der Waals surface area contributed by atoms with E-state index < -0.39 is 9.84 Å². The van der Waals surface area contributed by atoms with Crippen LogP contribution >= 0.6 is 11.3 Å². The molecule has 1 heterocycles. The number of hydrogen-bond donors (Lipinski definition) is 1. The number of aryl methyl sites for hydroxylation is 1. The lowest BCUT2D eigenvalue weighted by Crippen LogP contribution is -2.14. The Morgan fingerprint density at radius 2 is 1.80 bits per heavy atom. The van der Waals surface area contributed by atoms with Crippen molar-refractivity contribution in [3.05, 3.63) is 59.5 Å². The van der Waals surface area contributed by atoms with E-state index in [1.54, 1.807) is 12.1 Å². The summed E-state index contributed by atoms with van der Waals surface area (Å²) in [5.41, 5.74) is 3.06. The molecule has 2 aromatic carbocycles. The van der Waals surface area contributed by atoms with Crippen molar-refractivity contribution in [1.29, 1.82) is 0 Å². The first-order valence-corrected chi connectivity index (χ1v) is 12.2. The second-order valence-corrected chi connectivity index (χ2v) is 9.70. The molecule has 0 atom stereocenters. The molecule has 6 nitrogen and oxygen atoms in total. The van der Waals surface area contributed by atoms with Gasteiger partial charge in [0.15, 0.2) is 15.0 Å². The summed E-state index contributed by atoms with van der Waals surface area (Å²) in [7, 11) is -1.92. The fourth-order valence-electron chi connectivity index (χ4n) is 2.88. The van der Waals surface area contributed by atoms with Crippen molar-refractivity contribution in [1.82, 2.24) is 4.98 Å². The van der Waals surface area contributed by atoms with Crippen molar-refractivity contribution < 1.29 is 17.9 Å². The Morgan fingerprint density at radius 1 is 1.10 bits per heavy atom. The van der Waals surface area contributed by atoms with E-state index >= 15 is 0 Å². The molecule has 158 valence electrons. The largest absolute Gasteiger partial charge is 0.497 e. The topological polar surface area (TPSA) is 85.4 Å². The maximum Gasteiger partial charge on any atom is 0.226 e. The van der Waals surface area contributed by atoms with Crippen LogP contribution in [-0.2, 0) is 21.1 Å². The number of carbonyl (C=O) groups excluding carboxylic acids is 1. The summed E-state index contributed by atoms with van der Waals surface area (Å²) in [6.07, 6.45) is 1.32. The van der Waals surface area contributed by atoms with E-state index in [0.717, 1.165) is 17.7 Å². The van der Waals surface area contributed by atoms with E-state index in [4.69, 9.17) is 4.74 Å². The van der Waals surface area contributed by atoms with Crippen LogP contribution in [0.4, 0.5) is 5.13 Å². The van der Waals surface area contributed by atoms with Gasteiger partial charge in [0.05, 0.1) is 23.5 Å². The van der Waals surface area contributed by atoms with E-state index in [9.17, 15) is 13.2 Å². The number of nitrogens with one attached hydrogen (secondary N) is 1. The highest BCUT2D eigenvalue weighted by atomic mass is 32.2. The van der Waals surface area contributed by atoms with Crippen LogP contribution in [0, 0.1) is 0 Å². The van der Waals surface area contributed by atoms with Crippen molar-refractivity contribution in [2.75, 3.05) is 18.2 Å². The molecule has 0 radical (unpaired) electrons. The predicted octanol–water partition coefficient (Wildman–Crippen LogP) is 4.57. The van der Waals surface area contributed by atoms with Crippen molar-refractivity contribution >= 4 is 32.2 Å². The van der Waals surface area contributed by atoms with Crippen LogP contribution in [0.5, 0.6) is 5.75 Å². The quantitative estimate of drug-likeness (QED) is 0.522. The first-order valence-electron chi connectivity index (χ1n) is 9.63. The maximum atomic E-state index is 12.4. The zero-order chi connectivity index (χ0) is 21.6. The average molecular weight is 445 g/mol. The monoisotopic (exact) mass is 444 g/mol. The van der Waals surface area contributed by atoms with E-state index in [1.807, 2.05) is 17.5 Å². The lowest BCUT2D eigenvalue weighted by atomic mass is 10.1. The number of ether oxygens (including phenoxy) is 1. The van der Waals surface area contributed by atoms with E-state index in [2.05, 4.69) is 29.4 Å². The van der Waals surface area contributed by atoms with Crippen LogP contribution in [-0.4, -0.2) is 32.2 Å².